The number of anilines is 2. The maximum Gasteiger partial charge on any atom is 0.221 e. The molecular formula is C14H15Cl2N5. The van der Waals surface area contributed by atoms with Crippen molar-refractivity contribution in [1.82, 2.24) is 15.3 Å². The van der Waals surface area contributed by atoms with E-state index in [0.717, 1.165) is 43.1 Å². The van der Waals surface area contributed by atoms with Crippen LogP contribution in [0.2, 0.25) is 10.0 Å². The summed E-state index contributed by atoms with van der Waals surface area (Å²) in [7, 11) is 0. The van der Waals surface area contributed by atoms with Gasteiger partial charge in [-0.2, -0.15) is 4.98 Å². The van der Waals surface area contributed by atoms with Crippen LogP contribution in [0.3, 0.4) is 0 Å². The van der Waals surface area contributed by atoms with Crippen molar-refractivity contribution < 1.29 is 0 Å². The smallest absolute Gasteiger partial charge is 0.221 e. The molecule has 1 fully saturated rings. The Morgan fingerprint density at radius 1 is 1.14 bits per heavy atom. The second-order valence-electron chi connectivity index (χ2n) is 4.80. The lowest BCUT2D eigenvalue weighted by molar-refractivity contribution is 0.585. The Bertz CT molecular complexity index is 656. The van der Waals surface area contributed by atoms with Crippen LogP contribution in [0.25, 0.3) is 11.1 Å². The molecule has 5 nitrogen and oxygen atoms in total. The zero-order valence-electron chi connectivity index (χ0n) is 11.3. The molecule has 0 amide bonds. The fourth-order valence-corrected chi connectivity index (χ4v) is 2.81. The third-order valence-electron chi connectivity index (χ3n) is 3.45. The van der Waals surface area contributed by atoms with Crippen molar-refractivity contribution in [3.05, 3.63) is 34.4 Å². The molecule has 0 spiro atoms. The van der Waals surface area contributed by atoms with E-state index in [1.54, 1.807) is 12.3 Å². The van der Waals surface area contributed by atoms with Crippen molar-refractivity contribution >= 4 is 35.0 Å². The third kappa shape index (κ3) is 2.90. The van der Waals surface area contributed by atoms with Gasteiger partial charge in [-0.05, 0) is 6.07 Å². The molecule has 1 saturated heterocycles. The summed E-state index contributed by atoms with van der Waals surface area (Å²) in [5, 5.41) is 4.33. The van der Waals surface area contributed by atoms with Crippen molar-refractivity contribution in [3.8, 4) is 11.1 Å². The molecular weight excluding hydrogens is 309 g/mol. The van der Waals surface area contributed by atoms with Crippen LogP contribution in [-0.4, -0.2) is 36.1 Å². The Balaban J connectivity index is 2.11. The summed E-state index contributed by atoms with van der Waals surface area (Å²) < 4.78 is 0. The first-order valence-corrected chi connectivity index (χ1v) is 7.45. The van der Waals surface area contributed by atoms with E-state index in [0.29, 0.717) is 10.0 Å². The maximum absolute atomic E-state index is 6.33. The average Bonchev–Trinajstić information content (AvgIpc) is 2.51. The summed E-state index contributed by atoms with van der Waals surface area (Å²) in [6, 6.07) is 5.53. The van der Waals surface area contributed by atoms with Gasteiger partial charge in [-0.1, -0.05) is 35.3 Å². The Morgan fingerprint density at radius 3 is 2.67 bits per heavy atom. The number of nitrogens with two attached hydrogens (primary N) is 1. The summed E-state index contributed by atoms with van der Waals surface area (Å²) in [5.41, 5.74) is 7.42. The minimum atomic E-state index is 0.255. The van der Waals surface area contributed by atoms with Gasteiger partial charge in [-0.15, -0.1) is 0 Å². The number of rotatable bonds is 2. The predicted molar refractivity (Wildman–Crippen MR) is 87.0 cm³/mol. The van der Waals surface area contributed by atoms with Gasteiger partial charge in [-0.25, -0.2) is 4.98 Å². The summed E-state index contributed by atoms with van der Waals surface area (Å²) in [6.07, 6.45) is 1.71. The number of aromatic nitrogens is 2. The highest BCUT2D eigenvalue weighted by Crippen LogP contribution is 2.37. The topological polar surface area (TPSA) is 67.1 Å². The molecule has 0 radical (unpaired) electrons. The molecule has 0 bridgehead atoms. The van der Waals surface area contributed by atoms with E-state index >= 15 is 0 Å². The molecule has 0 atom stereocenters. The van der Waals surface area contributed by atoms with Gasteiger partial charge >= 0.3 is 0 Å². The SMILES string of the molecule is Nc1ncc(-c2cccc(Cl)c2Cl)c(N2CCNCC2)n1. The lowest BCUT2D eigenvalue weighted by Gasteiger charge is -2.30. The van der Waals surface area contributed by atoms with E-state index in [4.69, 9.17) is 28.9 Å². The molecule has 7 heteroatoms. The minimum Gasteiger partial charge on any atom is -0.368 e. The summed E-state index contributed by atoms with van der Waals surface area (Å²) >= 11 is 12.4. The number of piperazine rings is 1. The zero-order chi connectivity index (χ0) is 14.8. The van der Waals surface area contributed by atoms with Crippen LogP contribution >= 0.6 is 23.2 Å². The first kappa shape index (κ1) is 14.4. The monoisotopic (exact) mass is 323 g/mol. The van der Waals surface area contributed by atoms with Gasteiger partial charge in [0.15, 0.2) is 0 Å². The normalized spacial score (nSPS) is 15.2. The van der Waals surface area contributed by atoms with Crippen LogP contribution in [0.15, 0.2) is 24.4 Å². The van der Waals surface area contributed by atoms with Crippen molar-refractivity contribution in [1.29, 1.82) is 0 Å². The summed E-state index contributed by atoms with van der Waals surface area (Å²) in [6.45, 7) is 3.54. The predicted octanol–water partition coefficient (Wildman–Crippen LogP) is 2.44. The number of halogens is 2. The summed E-state index contributed by atoms with van der Waals surface area (Å²) in [4.78, 5) is 10.7. The van der Waals surface area contributed by atoms with Crippen LogP contribution in [0, 0.1) is 0 Å². The van der Waals surface area contributed by atoms with Crippen molar-refractivity contribution in [2.45, 2.75) is 0 Å². The number of hydrogen-bond acceptors (Lipinski definition) is 5. The standard InChI is InChI=1S/C14H15Cl2N5/c15-11-3-1-2-9(12(11)16)10-8-19-14(17)20-13(10)21-6-4-18-5-7-21/h1-3,8,18H,4-7H2,(H2,17,19,20). The van der Waals surface area contributed by atoms with E-state index in [1.807, 2.05) is 12.1 Å². The van der Waals surface area contributed by atoms with Gasteiger partial charge in [0.2, 0.25) is 5.95 Å². The second kappa shape index (κ2) is 6.05. The fourth-order valence-electron chi connectivity index (χ4n) is 2.41. The molecule has 0 unspecified atom stereocenters. The van der Waals surface area contributed by atoms with Crippen molar-refractivity contribution in [2.24, 2.45) is 0 Å². The highest BCUT2D eigenvalue weighted by Gasteiger charge is 2.19. The van der Waals surface area contributed by atoms with E-state index in [9.17, 15) is 0 Å². The van der Waals surface area contributed by atoms with Gasteiger partial charge in [0.25, 0.3) is 0 Å². The van der Waals surface area contributed by atoms with Gasteiger partial charge in [0.05, 0.1) is 10.0 Å². The molecule has 2 aromatic rings. The van der Waals surface area contributed by atoms with Crippen LogP contribution in [0.5, 0.6) is 0 Å². The Labute approximate surface area is 133 Å². The molecule has 1 aliphatic rings. The first-order chi connectivity index (χ1) is 10.2. The molecule has 1 aromatic carbocycles. The number of benzene rings is 1. The molecule has 1 aliphatic heterocycles. The number of hydrogen-bond donors (Lipinski definition) is 2. The quantitative estimate of drug-likeness (QED) is 0.888. The van der Waals surface area contributed by atoms with Gasteiger partial charge in [-0.3, -0.25) is 0 Å². The van der Waals surface area contributed by atoms with Crippen LogP contribution in [0.1, 0.15) is 0 Å². The van der Waals surface area contributed by atoms with E-state index in [-0.39, 0.29) is 5.95 Å². The number of nitrogens with zero attached hydrogens (tertiary/aromatic N) is 3. The molecule has 3 N–H and O–H groups in total. The molecule has 0 aliphatic carbocycles. The largest absolute Gasteiger partial charge is 0.368 e. The Kier molecular flexibility index (Phi) is 4.14. The molecule has 3 rings (SSSR count). The maximum atomic E-state index is 6.33. The number of nitrogens with one attached hydrogen (secondary N) is 1. The first-order valence-electron chi connectivity index (χ1n) is 6.69. The highest BCUT2D eigenvalue weighted by molar-refractivity contribution is 6.43. The van der Waals surface area contributed by atoms with E-state index in [2.05, 4.69) is 20.2 Å². The van der Waals surface area contributed by atoms with Crippen molar-refractivity contribution in [3.63, 3.8) is 0 Å². The number of nitrogen functional groups attached to an aromatic ring is 1. The minimum absolute atomic E-state index is 0.255. The molecule has 21 heavy (non-hydrogen) atoms. The van der Waals surface area contributed by atoms with Gasteiger partial charge < -0.3 is 16.0 Å². The Morgan fingerprint density at radius 2 is 1.90 bits per heavy atom. The van der Waals surface area contributed by atoms with Crippen LogP contribution in [0.4, 0.5) is 11.8 Å². The lowest BCUT2D eigenvalue weighted by Crippen LogP contribution is -2.44. The molecule has 0 saturated carbocycles. The lowest BCUT2D eigenvalue weighted by atomic mass is 10.1. The molecule has 1 aromatic heterocycles. The molecule has 110 valence electrons. The zero-order valence-corrected chi connectivity index (χ0v) is 12.8. The van der Waals surface area contributed by atoms with E-state index < -0.39 is 0 Å². The van der Waals surface area contributed by atoms with E-state index in [1.165, 1.54) is 0 Å². The van der Waals surface area contributed by atoms with Crippen LogP contribution in [-0.2, 0) is 0 Å². The average molecular weight is 324 g/mol. The van der Waals surface area contributed by atoms with Gasteiger partial charge in [0, 0.05) is 43.5 Å². The fraction of sp³-hybridized carbons (Fsp3) is 0.286. The highest BCUT2D eigenvalue weighted by atomic mass is 35.5. The Hall–Kier alpha value is -1.56. The third-order valence-corrected chi connectivity index (χ3v) is 4.26. The summed E-state index contributed by atoms with van der Waals surface area (Å²) in [5.74, 6) is 1.05. The second-order valence-corrected chi connectivity index (χ2v) is 5.59. The van der Waals surface area contributed by atoms with Gasteiger partial charge in [0.1, 0.15) is 5.82 Å². The molecule has 2 heterocycles. The van der Waals surface area contributed by atoms with Crippen molar-refractivity contribution in [2.75, 3.05) is 36.8 Å². The van der Waals surface area contributed by atoms with Crippen LogP contribution < -0.4 is 16.0 Å².